The van der Waals surface area contributed by atoms with Gasteiger partial charge in [-0.25, -0.2) is 0 Å². The van der Waals surface area contributed by atoms with Crippen LogP contribution in [0.2, 0.25) is 0 Å². The Kier molecular flexibility index (Phi) is 4.30. The molecule has 1 aromatic rings. The van der Waals surface area contributed by atoms with E-state index in [1.165, 1.54) is 4.90 Å². The third kappa shape index (κ3) is 3.23. The Balaban J connectivity index is 2.03. The molecule has 2 nitrogen and oxygen atoms in total. The van der Waals surface area contributed by atoms with E-state index < -0.39 is 0 Å². The Labute approximate surface area is 109 Å². The molecule has 1 fully saturated rings. The van der Waals surface area contributed by atoms with E-state index in [2.05, 4.69) is 34.1 Å². The molecule has 1 heterocycles. The van der Waals surface area contributed by atoms with Crippen LogP contribution < -0.4 is 0 Å². The summed E-state index contributed by atoms with van der Waals surface area (Å²) >= 11 is 5.43. The number of ether oxygens (including phenoxy) is 1. The predicted molar refractivity (Wildman–Crippen MR) is 70.0 cm³/mol. The van der Waals surface area contributed by atoms with Gasteiger partial charge < -0.3 is 9.84 Å². The van der Waals surface area contributed by atoms with Crippen LogP contribution >= 0.6 is 27.7 Å². The molecule has 1 saturated heterocycles. The van der Waals surface area contributed by atoms with Crippen molar-refractivity contribution in [2.24, 2.45) is 0 Å². The maximum absolute atomic E-state index is 9.32. The summed E-state index contributed by atoms with van der Waals surface area (Å²) < 4.78 is 6.27. The molecule has 0 amide bonds. The van der Waals surface area contributed by atoms with Gasteiger partial charge in [-0.05, 0) is 47.0 Å². The Morgan fingerprint density at radius 1 is 1.56 bits per heavy atom. The molecule has 0 radical (unpaired) electrons. The van der Waals surface area contributed by atoms with E-state index in [9.17, 15) is 5.11 Å². The molecule has 1 aromatic carbocycles. The highest BCUT2D eigenvalue weighted by Gasteiger charge is 2.20. The zero-order chi connectivity index (χ0) is 11.5. The maximum atomic E-state index is 9.32. The van der Waals surface area contributed by atoms with E-state index in [1.54, 1.807) is 0 Å². The minimum absolute atomic E-state index is 0.287. The van der Waals surface area contributed by atoms with Gasteiger partial charge in [0.05, 0.1) is 24.6 Å². The molecule has 1 atom stereocenters. The van der Waals surface area contributed by atoms with Crippen LogP contribution in [0.1, 0.15) is 12.5 Å². The zero-order valence-electron chi connectivity index (χ0n) is 9.15. The van der Waals surface area contributed by atoms with Crippen molar-refractivity contribution in [1.82, 2.24) is 0 Å². The van der Waals surface area contributed by atoms with Gasteiger partial charge in [-0.1, -0.05) is 6.07 Å². The van der Waals surface area contributed by atoms with Crippen molar-refractivity contribution in [3.63, 3.8) is 0 Å². The molecular formula is C12H15BrO2S. The van der Waals surface area contributed by atoms with E-state index in [-0.39, 0.29) is 6.10 Å². The molecule has 0 aliphatic carbocycles. The van der Waals surface area contributed by atoms with Crippen LogP contribution in [0.4, 0.5) is 0 Å². The van der Waals surface area contributed by atoms with Crippen LogP contribution in [-0.4, -0.2) is 29.7 Å². The summed E-state index contributed by atoms with van der Waals surface area (Å²) in [6.07, 6.45) is 0.418. The molecule has 16 heavy (non-hydrogen) atoms. The zero-order valence-corrected chi connectivity index (χ0v) is 11.6. The smallest absolute Gasteiger partial charge is 0.0611 e. The molecule has 1 unspecified atom stereocenters. The summed E-state index contributed by atoms with van der Waals surface area (Å²) in [4.78, 5) is 1.25. The number of benzene rings is 1. The van der Waals surface area contributed by atoms with Crippen LogP contribution in [0.15, 0.2) is 27.6 Å². The standard InChI is InChI=1S/C12H15BrO2S/c1-8(14)4-9-2-3-12(11(13)5-9)16-10-6-15-7-10/h2-3,5,8,10,14H,4,6-7H2,1H3. The van der Waals surface area contributed by atoms with Gasteiger partial charge in [0.15, 0.2) is 0 Å². The second kappa shape index (κ2) is 5.54. The summed E-state index contributed by atoms with van der Waals surface area (Å²) in [6, 6.07) is 6.29. The van der Waals surface area contributed by atoms with Gasteiger partial charge in [-0.15, -0.1) is 11.8 Å². The summed E-state index contributed by atoms with van der Waals surface area (Å²) in [7, 11) is 0. The highest BCUT2D eigenvalue weighted by molar-refractivity contribution is 9.10. The van der Waals surface area contributed by atoms with Gasteiger partial charge >= 0.3 is 0 Å². The normalized spacial score (nSPS) is 18.2. The minimum Gasteiger partial charge on any atom is -0.393 e. The molecule has 0 aromatic heterocycles. The number of hydrogen-bond acceptors (Lipinski definition) is 3. The maximum Gasteiger partial charge on any atom is 0.0611 e. The highest BCUT2D eigenvalue weighted by atomic mass is 79.9. The van der Waals surface area contributed by atoms with E-state index in [0.29, 0.717) is 11.7 Å². The molecule has 88 valence electrons. The Morgan fingerprint density at radius 2 is 2.31 bits per heavy atom. The number of hydrogen-bond donors (Lipinski definition) is 1. The molecule has 1 aliphatic heterocycles. The fourth-order valence-corrected chi connectivity index (χ4v) is 3.28. The van der Waals surface area contributed by atoms with Crippen LogP contribution in [0.5, 0.6) is 0 Å². The van der Waals surface area contributed by atoms with Gasteiger partial charge in [0.2, 0.25) is 0 Å². The van der Waals surface area contributed by atoms with Gasteiger partial charge in [-0.2, -0.15) is 0 Å². The van der Waals surface area contributed by atoms with Crippen molar-refractivity contribution in [1.29, 1.82) is 0 Å². The molecule has 1 aliphatic rings. The summed E-state index contributed by atoms with van der Waals surface area (Å²) in [5, 5.41) is 9.92. The quantitative estimate of drug-likeness (QED) is 0.927. The lowest BCUT2D eigenvalue weighted by Gasteiger charge is -2.25. The van der Waals surface area contributed by atoms with E-state index >= 15 is 0 Å². The number of aliphatic hydroxyl groups is 1. The lowest BCUT2D eigenvalue weighted by molar-refractivity contribution is 0.0455. The monoisotopic (exact) mass is 302 g/mol. The van der Waals surface area contributed by atoms with Crippen molar-refractivity contribution in [3.05, 3.63) is 28.2 Å². The van der Waals surface area contributed by atoms with Crippen molar-refractivity contribution in [2.45, 2.75) is 29.6 Å². The fraction of sp³-hybridized carbons (Fsp3) is 0.500. The van der Waals surface area contributed by atoms with Crippen molar-refractivity contribution in [3.8, 4) is 0 Å². The van der Waals surface area contributed by atoms with Crippen LogP contribution in [0.3, 0.4) is 0 Å². The molecule has 0 saturated carbocycles. The van der Waals surface area contributed by atoms with Crippen LogP contribution in [0.25, 0.3) is 0 Å². The first-order valence-electron chi connectivity index (χ1n) is 5.36. The Bertz CT molecular complexity index is 364. The number of thioether (sulfide) groups is 1. The van der Waals surface area contributed by atoms with Crippen LogP contribution in [-0.2, 0) is 11.2 Å². The Hall–Kier alpha value is -0.0300. The second-order valence-electron chi connectivity index (χ2n) is 4.10. The summed E-state index contributed by atoms with van der Waals surface area (Å²) in [5.74, 6) is 0. The van der Waals surface area contributed by atoms with Gasteiger partial charge in [0.25, 0.3) is 0 Å². The Morgan fingerprint density at radius 3 is 2.81 bits per heavy atom. The summed E-state index contributed by atoms with van der Waals surface area (Å²) in [6.45, 7) is 3.52. The van der Waals surface area contributed by atoms with E-state index in [4.69, 9.17) is 4.74 Å². The molecule has 4 heteroatoms. The topological polar surface area (TPSA) is 29.5 Å². The highest BCUT2D eigenvalue weighted by Crippen LogP contribution is 2.34. The molecule has 2 rings (SSSR count). The number of rotatable bonds is 4. The number of aliphatic hydroxyl groups excluding tert-OH is 1. The van der Waals surface area contributed by atoms with Crippen molar-refractivity contribution in [2.75, 3.05) is 13.2 Å². The van der Waals surface area contributed by atoms with Crippen LogP contribution in [0, 0.1) is 0 Å². The van der Waals surface area contributed by atoms with Gasteiger partial charge in [0, 0.05) is 9.37 Å². The first-order chi connectivity index (χ1) is 7.65. The van der Waals surface area contributed by atoms with Crippen molar-refractivity contribution >= 4 is 27.7 Å². The largest absolute Gasteiger partial charge is 0.393 e. The average molecular weight is 303 g/mol. The van der Waals surface area contributed by atoms with E-state index in [1.807, 2.05) is 18.7 Å². The predicted octanol–water partition coefficient (Wildman–Crippen LogP) is 2.86. The van der Waals surface area contributed by atoms with Gasteiger partial charge in [-0.3, -0.25) is 0 Å². The molecular weight excluding hydrogens is 288 g/mol. The average Bonchev–Trinajstić information content (AvgIpc) is 2.12. The van der Waals surface area contributed by atoms with Gasteiger partial charge in [0.1, 0.15) is 0 Å². The molecule has 0 bridgehead atoms. The molecule has 1 N–H and O–H groups in total. The van der Waals surface area contributed by atoms with Crippen molar-refractivity contribution < 1.29 is 9.84 Å². The SMILES string of the molecule is CC(O)Cc1ccc(SC2COC2)c(Br)c1. The first kappa shape index (κ1) is 12.4. The lowest BCUT2D eigenvalue weighted by Crippen LogP contribution is -2.30. The lowest BCUT2D eigenvalue weighted by atomic mass is 10.1. The minimum atomic E-state index is -0.287. The first-order valence-corrected chi connectivity index (χ1v) is 7.03. The fourth-order valence-electron chi connectivity index (χ4n) is 1.57. The molecule has 0 spiro atoms. The second-order valence-corrected chi connectivity index (χ2v) is 6.29. The van der Waals surface area contributed by atoms with E-state index in [0.717, 1.165) is 23.2 Å². The summed E-state index contributed by atoms with van der Waals surface area (Å²) in [5.41, 5.74) is 1.16. The third-order valence-corrected chi connectivity index (χ3v) is 4.56. The third-order valence-electron chi connectivity index (χ3n) is 2.43. The number of halogens is 1.